The fourth-order valence-electron chi connectivity index (χ4n) is 7.24. The van der Waals surface area contributed by atoms with Crippen LogP contribution in [0.3, 0.4) is 0 Å². The van der Waals surface area contributed by atoms with Crippen LogP contribution >= 0.6 is 11.6 Å². The van der Waals surface area contributed by atoms with E-state index in [1.165, 1.54) is 6.92 Å². The van der Waals surface area contributed by atoms with Crippen LogP contribution in [0.2, 0.25) is 5.02 Å². The minimum Gasteiger partial charge on any atom is -0.491 e. The Bertz CT molecular complexity index is 1650. The van der Waals surface area contributed by atoms with Crippen molar-refractivity contribution in [2.24, 2.45) is 0 Å². The van der Waals surface area contributed by atoms with Crippen LogP contribution in [0, 0.1) is 12.7 Å². The van der Waals surface area contributed by atoms with Gasteiger partial charge in [-0.15, -0.1) is 0 Å². The molecular weight excluding hydrogens is 595 g/mol. The minimum absolute atomic E-state index is 0.0383. The lowest BCUT2D eigenvalue weighted by Crippen LogP contribution is -2.43. The zero-order valence-corrected chi connectivity index (χ0v) is 24.4. The maximum absolute atomic E-state index is 16.7. The first-order valence-corrected chi connectivity index (χ1v) is 14.7. The Balaban J connectivity index is 1.45. The Labute approximate surface area is 249 Å². The van der Waals surface area contributed by atoms with Gasteiger partial charge in [0, 0.05) is 32.0 Å². The minimum atomic E-state index is -4.89. The molecule has 3 aliphatic heterocycles. The van der Waals surface area contributed by atoms with E-state index in [1.807, 2.05) is 11.9 Å². The second kappa shape index (κ2) is 9.65. The molecule has 5 heterocycles. The largest absolute Gasteiger partial charge is 0.491 e. The van der Waals surface area contributed by atoms with Crippen molar-refractivity contribution in [2.75, 3.05) is 44.0 Å². The quantitative estimate of drug-likeness (QED) is 0.349. The SMILES string of the molecule is Cc1cc(N)nc(-c2c(Cl)c3c4c(nc(OC[C@@]56CCCN5C[C@H](F)C6)nc4c2F)N(C)C2(CCO3)CC2)c1C(F)(F)F. The van der Waals surface area contributed by atoms with E-state index in [1.54, 1.807) is 0 Å². The van der Waals surface area contributed by atoms with E-state index in [4.69, 9.17) is 26.8 Å². The lowest BCUT2D eigenvalue weighted by atomic mass is 9.95. The molecule has 3 fully saturated rings. The number of halogens is 6. The average Bonchev–Trinajstić information content (AvgIpc) is 3.52. The number of aromatic nitrogens is 3. The molecule has 43 heavy (non-hydrogen) atoms. The molecule has 0 radical (unpaired) electrons. The Morgan fingerprint density at radius 3 is 2.67 bits per heavy atom. The van der Waals surface area contributed by atoms with E-state index >= 15 is 4.39 Å². The van der Waals surface area contributed by atoms with Gasteiger partial charge in [-0.2, -0.15) is 23.1 Å². The summed E-state index contributed by atoms with van der Waals surface area (Å²) in [5.74, 6) is -1.11. The predicted octanol–water partition coefficient (Wildman–Crippen LogP) is 6.10. The van der Waals surface area contributed by atoms with Gasteiger partial charge in [-0.3, -0.25) is 4.90 Å². The number of aryl methyl sites for hydroxylation is 1. The number of pyridine rings is 1. The van der Waals surface area contributed by atoms with Crippen LogP contribution in [0.15, 0.2) is 6.07 Å². The maximum Gasteiger partial charge on any atom is 0.418 e. The summed E-state index contributed by atoms with van der Waals surface area (Å²) in [6.07, 6.45) is -1.61. The monoisotopic (exact) mass is 624 g/mol. The molecule has 14 heteroatoms. The highest BCUT2D eigenvalue weighted by Gasteiger charge is 2.51. The molecule has 4 aliphatic rings. The van der Waals surface area contributed by atoms with Crippen LogP contribution in [0.5, 0.6) is 11.8 Å². The van der Waals surface area contributed by atoms with Gasteiger partial charge in [0.05, 0.1) is 39.4 Å². The van der Waals surface area contributed by atoms with Gasteiger partial charge in [0.2, 0.25) is 0 Å². The zero-order chi connectivity index (χ0) is 30.5. The smallest absolute Gasteiger partial charge is 0.418 e. The number of benzene rings is 1. The third-order valence-corrected chi connectivity index (χ3v) is 9.96. The van der Waals surface area contributed by atoms with Crippen molar-refractivity contribution in [3.05, 3.63) is 28.0 Å². The number of alkyl halides is 4. The topological polar surface area (TPSA) is 89.6 Å². The normalized spacial score (nSPS) is 24.7. The van der Waals surface area contributed by atoms with E-state index < -0.39 is 40.5 Å². The molecule has 1 saturated carbocycles. The van der Waals surface area contributed by atoms with Crippen molar-refractivity contribution >= 4 is 34.1 Å². The van der Waals surface area contributed by atoms with Crippen LogP contribution in [0.25, 0.3) is 22.2 Å². The standard InChI is InChI=1S/C29H30ClF5N6O2/c1-14-10-16(36)37-22(19(14)29(33,34)35)17-20(30)24-18-23(21(17)32)38-26(39-25(18)40(2)27(5-6-27)7-9-42-24)43-13-28-4-3-8-41(28)12-15(31)11-28/h10,15H,3-9,11-13H2,1-2H3,(H2,36,37)/t15-,28+/m1/s1. The molecule has 230 valence electrons. The molecule has 3 aromatic rings. The third-order valence-electron chi connectivity index (χ3n) is 9.60. The first kappa shape index (κ1) is 28.6. The molecule has 2 aromatic heterocycles. The summed E-state index contributed by atoms with van der Waals surface area (Å²) >= 11 is 6.72. The van der Waals surface area contributed by atoms with Crippen molar-refractivity contribution < 1.29 is 31.4 Å². The summed E-state index contributed by atoms with van der Waals surface area (Å²) in [6, 6.07) is 0.905. The summed E-state index contributed by atoms with van der Waals surface area (Å²) in [4.78, 5) is 17.0. The Morgan fingerprint density at radius 1 is 1.19 bits per heavy atom. The van der Waals surface area contributed by atoms with Crippen molar-refractivity contribution in [3.8, 4) is 23.0 Å². The van der Waals surface area contributed by atoms with E-state index in [-0.39, 0.29) is 57.8 Å². The fraction of sp³-hybridized carbons (Fsp3) is 0.552. The number of ether oxygens (including phenoxy) is 2. The highest BCUT2D eigenvalue weighted by Crippen LogP contribution is 2.54. The molecule has 1 spiro atoms. The molecule has 8 nitrogen and oxygen atoms in total. The van der Waals surface area contributed by atoms with Crippen LogP contribution in [-0.4, -0.2) is 70.5 Å². The first-order valence-electron chi connectivity index (χ1n) is 14.3. The predicted molar refractivity (Wildman–Crippen MR) is 151 cm³/mol. The first-order chi connectivity index (χ1) is 20.3. The summed E-state index contributed by atoms with van der Waals surface area (Å²) < 4.78 is 86.2. The zero-order valence-electron chi connectivity index (χ0n) is 23.6. The molecular formula is C29H30ClF5N6O2. The van der Waals surface area contributed by atoms with Crippen LogP contribution < -0.4 is 20.1 Å². The van der Waals surface area contributed by atoms with Crippen LogP contribution in [-0.2, 0) is 6.18 Å². The van der Waals surface area contributed by atoms with Gasteiger partial charge in [-0.1, -0.05) is 11.6 Å². The Hall–Kier alpha value is -3.19. The Kier molecular flexibility index (Phi) is 6.41. The lowest BCUT2D eigenvalue weighted by Gasteiger charge is -2.34. The van der Waals surface area contributed by atoms with Gasteiger partial charge in [-0.25, -0.2) is 13.8 Å². The maximum atomic E-state index is 16.7. The molecule has 2 saturated heterocycles. The van der Waals surface area contributed by atoms with E-state index in [9.17, 15) is 17.6 Å². The van der Waals surface area contributed by atoms with Crippen LogP contribution in [0.4, 0.5) is 33.6 Å². The van der Waals surface area contributed by atoms with E-state index in [2.05, 4.69) is 19.9 Å². The fourth-order valence-corrected chi connectivity index (χ4v) is 7.56. The average molecular weight is 625 g/mol. The molecule has 1 aromatic carbocycles. The summed E-state index contributed by atoms with van der Waals surface area (Å²) in [7, 11) is 1.83. The van der Waals surface area contributed by atoms with Crippen molar-refractivity contribution in [3.63, 3.8) is 0 Å². The number of nitrogens with zero attached hydrogens (tertiary/aromatic N) is 5. The highest BCUT2D eigenvalue weighted by molar-refractivity contribution is 6.36. The number of hydrogen-bond donors (Lipinski definition) is 1. The number of anilines is 2. The molecule has 7 rings (SSSR count). The molecule has 1 aliphatic carbocycles. The lowest BCUT2D eigenvalue weighted by molar-refractivity contribution is -0.137. The van der Waals surface area contributed by atoms with Crippen molar-refractivity contribution in [1.82, 2.24) is 19.9 Å². The highest BCUT2D eigenvalue weighted by atomic mass is 35.5. The molecule has 0 bridgehead atoms. The van der Waals surface area contributed by atoms with Gasteiger partial charge in [0.15, 0.2) is 11.6 Å². The number of rotatable bonds is 4. The molecule has 2 atom stereocenters. The van der Waals surface area contributed by atoms with Crippen molar-refractivity contribution in [2.45, 2.75) is 68.9 Å². The van der Waals surface area contributed by atoms with Crippen molar-refractivity contribution in [1.29, 1.82) is 0 Å². The number of fused-ring (bicyclic) bond motifs is 1. The van der Waals surface area contributed by atoms with Gasteiger partial charge in [0.25, 0.3) is 0 Å². The van der Waals surface area contributed by atoms with Crippen LogP contribution in [0.1, 0.15) is 49.7 Å². The molecule has 2 N–H and O–H groups in total. The third kappa shape index (κ3) is 4.44. The number of nitrogens with two attached hydrogens (primary N) is 1. The second-order valence-electron chi connectivity index (χ2n) is 12.2. The summed E-state index contributed by atoms with van der Waals surface area (Å²) in [5.41, 5.74) is 1.95. The van der Waals surface area contributed by atoms with Gasteiger partial charge in [-0.05, 0) is 50.8 Å². The number of nitrogen functional groups attached to an aromatic ring is 1. The summed E-state index contributed by atoms with van der Waals surface area (Å²) in [5, 5.41) is -0.251. The summed E-state index contributed by atoms with van der Waals surface area (Å²) in [6.45, 7) is 2.58. The van der Waals surface area contributed by atoms with E-state index in [0.717, 1.165) is 38.3 Å². The molecule has 0 amide bonds. The Morgan fingerprint density at radius 2 is 1.95 bits per heavy atom. The van der Waals surface area contributed by atoms with E-state index in [0.29, 0.717) is 25.2 Å². The number of hydrogen-bond acceptors (Lipinski definition) is 8. The van der Waals surface area contributed by atoms with Gasteiger partial charge in [0.1, 0.15) is 29.9 Å². The van der Waals surface area contributed by atoms with Gasteiger partial charge >= 0.3 is 12.2 Å². The van der Waals surface area contributed by atoms with Gasteiger partial charge < -0.3 is 20.1 Å². The molecule has 0 unspecified atom stereocenters. The second-order valence-corrected chi connectivity index (χ2v) is 12.6.